The van der Waals surface area contributed by atoms with Crippen LogP contribution in [0, 0.1) is 5.41 Å². The molecule has 300 valence electrons. The van der Waals surface area contributed by atoms with E-state index in [1.807, 2.05) is 91.9 Å². The summed E-state index contributed by atoms with van der Waals surface area (Å²) in [6, 6.07) is 40.0. The van der Waals surface area contributed by atoms with Crippen molar-refractivity contribution in [2.75, 3.05) is 13.2 Å². The summed E-state index contributed by atoms with van der Waals surface area (Å²) in [4.78, 5) is 43.4. The zero-order chi connectivity index (χ0) is 41.8. The van der Waals surface area contributed by atoms with Gasteiger partial charge >= 0.3 is 5.97 Å². The summed E-state index contributed by atoms with van der Waals surface area (Å²) in [5.74, 6) is -1.57. The summed E-state index contributed by atoms with van der Waals surface area (Å²) in [5, 5.41) is 25.4. The SMILES string of the molecule is CCCN1C(C)=C(C(=O)OCC)[C@@]2(C(c3nc(-c4ccc(Cl)cc4)nn3-c3ccccc3)c3nc(-c4ccc(Cl)cc4)nn3-c3ccccc3)C(=O)c3ccccc3[C@@]12O. The Labute approximate surface area is 356 Å². The number of ketones is 1. The maximum absolute atomic E-state index is 16.2. The molecule has 11 nitrogen and oxygen atoms in total. The number of para-hydroxylation sites is 2. The van der Waals surface area contributed by atoms with Gasteiger partial charge in [0.15, 0.2) is 23.2 Å². The topological polar surface area (TPSA) is 128 Å². The molecule has 1 aliphatic carbocycles. The van der Waals surface area contributed by atoms with Crippen molar-refractivity contribution in [3.63, 3.8) is 0 Å². The van der Waals surface area contributed by atoms with Gasteiger partial charge in [-0.25, -0.2) is 24.1 Å². The van der Waals surface area contributed by atoms with Crippen molar-refractivity contribution in [1.29, 1.82) is 0 Å². The highest BCUT2D eigenvalue weighted by Gasteiger charge is 2.77. The van der Waals surface area contributed by atoms with Crippen molar-refractivity contribution in [3.05, 3.63) is 178 Å². The molecule has 9 rings (SSSR count). The zero-order valence-corrected chi connectivity index (χ0v) is 34.5. The summed E-state index contributed by atoms with van der Waals surface area (Å²) in [5.41, 5.74) is -0.817. The highest BCUT2D eigenvalue weighted by molar-refractivity contribution is 6.31. The molecule has 2 aliphatic rings. The molecule has 0 saturated carbocycles. The van der Waals surface area contributed by atoms with E-state index in [-0.39, 0.29) is 29.4 Å². The number of benzene rings is 5. The molecule has 0 radical (unpaired) electrons. The van der Waals surface area contributed by atoms with E-state index in [0.717, 1.165) is 0 Å². The van der Waals surface area contributed by atoms with Crippen LogP contribution in [-0.2, 0) is 15.3 Å². The van der Waals surface area contributed by atoms with Crippen molar-refractivity contribution in [1.82, 2.24) is 34.4 Å². The maximum atomic E-state index is 16.2. The van der Waals surface area contributed by atoms with Gasteiger partial charge in [-0.2, -0.15) is 0 Å². The van der Waals surface area contributed by atoms with Gasteiger partial charge in [-0.3, -0.25) is 4.79 Å². The lowest BCUT2D eigenvalue weighted by Gasteiger charge is -2.45. The van der Waals surface area contributed by atoms with Gasteiger partial charge in [-0.05, 0) is 93.1 Å². The Kier molecular flexibility index (Phi) is 9.98. The van der Waals surface area contributed by atoms with Crippen LogP contribution in [0.1, 0.15) is 60.7 Å². The number of aromatic nitrogens is 6. The lowest BCUT2D eigenvalue weighted by atomic mass is 9.62. The molecule has 0 saturated heterocycles. The Bertz CT molecular complexity index is 2660. The average molecular weight is 837 g/mol. The summed E-state index contributed by atoms with van der Waals surface area (Å²) < 4.78 is 9.19. The lowest BCUT2D eigenvalue weighted by Crippen LogP contribution is -2.56. The van der Waals surface area contributed by atoms with Crippen LogP contribution < -0.4 is 0 Å². The number of esters is 1. The predicted molar refractivity (Wildman–Crippen MR) is 229 cm³/mol. The van der Waals surface area contributed by atoms with Crippen LogP contribution >= 0.6 is 23.2 Å². The molecule has 7 aromatic rings. The standard InChI is InChI=1S/C47H39Cl2N7O4/c1-4-28-54-29(3)38(45(58)60-5-2)46(40(57)36-18-12-13-19-37(36)47(46,54)59)39(43-50-41(30-20-24-32(48)25-21-30)52-55(43)34-14-8-6-9-15-34)44-51-42(31-22-26-33(49)27-23-31)53-56(44)35-16-10-7-11-17-35/h6-27,39,59H,4-5,28H2,1-3H3/t46-,47+/m1/s1. The quantitative estimate of drug-likeness (QED) is 0.127. The third kappa shape index (κ3) is 5.90. The number of hydrogen-bond donors (Lipinski definition) is 1. The van der Waals surface area contributed by atoms with Crippen LogP contribution in [-0.4, -0.2) is 64.4 Å². The van der Waals surface area contributed by atoms with E-state index >= 15 is 4.79 Å². The fraction of sp³-hybridized carbons (Fsp3) is 0.191. The second-order valence-electron chi connectivity index (χ2n) is 14.7. The van der Waals surface area contributed by atoms with E-state index in [1.54, 1.807) is 76.6 Å². The number of aliphatic hydroxyl groups is 1. The number of halogens is 2. The molecule has 0 unspecified atom stereocenters. The fourth-order valence-corrected chi connectivity index (χ4v) is 9.16. The Hall–Kier alpha value is -6.40. The minimum Gasteiger partial charge on any atom is -0.463 e. The van der Waals surface area contributed by atoms with Gasteiger partial charge in [0.05, 0.1) is 23.6 Å². The molecule has 0 bridgehead atoms. The number of fused-ring (bicyclic) bond motifs is 3. The van der Waals surface area contributed by atoms with Gasteiger partial charge in [-0.15, -0.1) is 10.2 Å². The fourth-order valence-electron chi connectivity index (χ4n) is 8.90. The van der Waals surface area contributed by atoms with Crippen molar-refractivity contribution < 1.29 is 19.4 Å². The number of nitrogens with zero attached hydrogens (tertiary/aromatic N) is 7. The molecule has 1 N–H and O–H groups in total. The molecule has 2 aromatic heterocycles. The van der Waals surface area contributed by atoms with Crippen molar-refractivity contribution in [3.8, 4) is 34.2 Å². The first kappa shape index (κ1) is 39.1. The number of ether oxygens (including phenoxy) is 1. The summed E-state index contributed by atoms with van der Waals surface area (Å²) in [6.45, 7) is 5.77. The van der Waals surface area contributed by atoms with Gasteiger partial charge in [-0.1, -0.05) is 90.8 Å². The van der Waals surface area contributed by atoms with Crippen LogP contribution in [0.15, 0.2) is 145 Å². The van der Waals surface area contributed by atoms with E-state index < -0.39 is 28.8 Å². The van der Waals surface area contributed by atoms with Gasteiger partial charge in [0.2, 0.25) is 0 Å². The minimum absolute atomic E-state index is 0.00203. The van der Waals surface area contributed by atoms with E-state index in [2.05, 4.69) is 0 Å². The maximum Gasteiger partial charge on any atom is 0.337 e. The molecule has 0 spiro atoms. The smallest absolute Gasteiger partial charge is 0.337 e. The average Bonchev–Trinajstić information content (AvgIpc) is 4.00. The number of Topliss-reactive ketones (excluding diaryl/α,β-unsaturated/α-hetero) is 1. The normalized spacial score (nSPS) is 18.3. The van der Waals surface area contributed by atoms with E-state index in [9.17, 15) is 9.90 Å². The number of allylic oxidation sites excluding steroid dienone is 1. The van der Waals surface area contributed by atoms with Gasteiger partial charge in [0.1, 0.15) is 23.0 Å². The zero-order valence-electron chi connectivity index (χ0n) is 33.0. The molecule has 1 aliphatic heterocycles. The Morgan fingerprint density at radius 1 is 0.717 bits per heavy atom. The van der Waals surface area contributed by atoms with Crippen molar-refractivity contribution in [2.24, 2.45) is 5.41 Å². The van der Waals surface area contributed by atoms with Crippen molar-refractivity contribution >= 4 is 35.0 Å². The van der Waals surface area contributed by atoms with Crippen LogP contribution in [0.2, 0.25) is 10.0 Å². The number of rotatable bonds is 11. The Morgan fingerprint density at radius 3 is 1.68 bits per heavy atom. The van der Waals surface area contributed by atoms with E-state index in [4.69, 9.17) is 48.1 Å². The number of hydrogen-bond acceptors (Lipinski definition) is 9. The summed E-state index contributed by atoms with van der Waals surface area (Å²) in [6.07, 6.45) is 0.578. The second-order valence-corrected chi connectivity index (χ2v) is 15.6. The van der Waals surface area contributed by atoms with Crippen LogP contribution in [0.3, 0.4) is 0 Å². The molecule has 5 aromatic carbocycles. The summed E-state index contributed by atoms with van der Waals surface area (Å²) >= 11 is 12.7. The van der Waals surface area contributed by atoms with E-state index in [1.165, 1.54) is 0 Å². The van der Waals surface area contributed by atoms with E-state index in [0.29, 0.717) is 68.4 Å². The van der Waals surface area contributed by atoms with Crippen LogP contribution in [0.25, 0.3) is 34.2 Å². The molecular weight excluding hydrogens is 797 g/mol. The van der Waals surface area contributed by atoms with Gasteiger partial charge < -0.3 is 14.7 Å². The number of carbonyl (C=O) groups is 2. The van der Waals surface area contributed by atoms with Crippen molar-refractivity contribution in [2.45, 2.75) is 38.8 Å². The molecule has 0 amide bonds. The Morgan fingerprint density at radius 2 is 1.20 bits per heavy atom. The number of carbonyl (C=O) groups excluding carboxylic acids is 2. The largest absolute Gasteiger partial charge is 0.463 e. The molecule has 13 heteroatoms. The predicted octanol–water partition coefficient (Wildman–Crippen LogP) is 9.21. The lowest BCUT2D eigenvalue weighted by molar-refractivity contribution is -0.153. The summed E-state index contributed by atoms with van der Waals surface area (Å²) in [7, 11) is 0. The molecule has 60 heavy (non-hydrogen) atoms. The third-order valence-corrected chi connectivity index (χ3v) is 11.9. The molecule has 2 atom stereocenters. The van der Waals surface area contributed by atoms with Gasteiger partial charge in [0.25, 0.3) is 0 Å². The second kappa shape index (κ2) is 15.3. The first-order chi connectivity index (χ1) is 29.1. The first-order valence-electron chi connectivity index (χ1n) is 19.7. The van der Waals surface area contributed by atoms with Crippen LogP contribution in [0.5, 0.6) is 0 Å². The molecule has 0 fully saturated rings. The van der Waals surface area contributed by atoms with Crippen LogP contribution in [0.4, 0.5) is 0 Å². The molecule has 3 heterocycles. The molecular formula is C47H39Cl2N7O4. The first-order valence-corrected chi connectivity index (χ1v) is 20.5. The highest BCUT2D eigenvalue weighted by atomic mass is 35.5. The minimum atomic E-state index is -2.17. The Balaban J connectivity index is 1.48. The highest BCUT2D eigenvalue weighted by Crippen LogP contribution is 2.68. The monoisotopic (exact) mass is 835 g/mol. The van der Waals surface area contributed by atoms with Gasteiger partial charge in [0, 0.05) is 44.5 Å². The third-order valence-electron chi connectivity index (χ3n) is 11.4.